The van der Waals surface area contributed by atoms with E-state index in [2.05, 4.69) is 54.0 Å². The van der Waals surface area contributed by atoms with E-state index < -0.39 is 0 Å². The molecule has 0 saturated carbocycles. The van der Waals surface area contributed by atoms with E-state index in [1.165, 1.54) is 17.5 Å². The van der Waals surface area contributed by atoms with Gasteiger partial charge in [0.05, 0.1) is 10.6 Å². The third-order valence-corrected chi connectivity index (χ3v) is 4.92. The maximum atomic E-state index is 12.3. The van der Waals surface area contributed by atoms with Gasteiger partial charge in [0.2, 0.25) is 0 Å². The van der Waals surface area contributed by atoms with Gasteiger partial charge in [-0.1, -0.05) is 6.07 Å². The maximum Gasteiger partial charge on any atom is 0.264 e. The fraction of sp³-hybridized carbons (Fsp3) is 0.300. The highest BCUT2D eigenvalue weighted by molar-refractivity contribution is 8.18. The van der Waals surface area contributed by atoms with Crippen molar-refractivity contribution in [3.05, 3.63) is 57.8 Å². The Balaban J connectivity index is 1.85. The molecule has 25 heavy (non-hydrogen) atoms. The Morgan fingerprint density at radius 3 is 2.40 bits per heavy atom. The van der Waals surface area contributed by atoms with Gasteiger partial charge in [0.1, 0.15) is 0 Å². The van der Waals surface area contributed by atoms with Gasteiger partial charge in [-0.05, 0) is 87.3 Å². The van der Waals surface area contributed by atoms with E-state index in [0.717, 1.165) is 22.4 Å². The number of aromatic nitrogens is 1. The molecule has 0 atom stereocenters. The molecule has 130 valence electrons. The molecule has 1 aliphatic heterocycles. The van der Waals surface area contributed by atoms with Crippen LogP contribution in [0.1, 0.15) is 42.3 Å². The second kappa shape index (κ2) is 6.92. The van der Waals surface area contributed by atoms with Gasteiger partial charge < -0.3 is 9.88 Å². The van der Waals surface area contributed by atoms with Crippen LogP contribution in [0.5, 0.6) is 0 Å². The Bertz CT molecular complexity index is 870. The van der Waals surface area contributed by atoms with Crippen LogP contribution in [0, 0.1) is 20.8 Å². The van der Waals surface area contributed by atoms with Gasteiger partial charge in [-0.15, -0.1) is 0 Å². The smallest absolute Gasteiger partial charge is 0.264 e. The number of amides is 1. The Hall–Kier alpha value is -2.27. The van der Waals surface area contributed by atoms with Crippen molar-refractivity contribution in [1.82, 2.24) is 9.88 Å². The molecule has 0 spiro atoms. The highest BCUT2D eigenvalue weighted by Gasteiger charge is 2.24. The Labute approximate surface area is 153 Å². The average molecular weight is 353 g/mol. The van der Waals surface area contributed by atoms with Crippen molar-refractivity contribution >= 4 is 34.6 Å². The number of carbonyl (C=O) groups excluding carboxylic acids is 1. The molecule has 1 aromatic heterocycles. The van der Waals surface area contributed by atoms with Crippen LogP contribution in [0.15, 0.2) is 40.4 Å². The molecule has 0 radical (unpaired) electrons. The van der Waals surface area contributed by atoms with E-state index in [4.69, 9.17) is 0 Å². The molecule has 0 bridgehead atoms. The van der Waals surface area contributed by atoms with E-state index in [1.54, 1.807) is 0 Å². The normalized spacial score (nSPS) is 17.8. The minimum Gasteiger partial charge on any atom is -0.349 e. The van der Waals surface area contributed by atoms with Crippen LogP contribution in [0.25, 0.3) is 6.08 Å². The monoisotopic (exact) mass is 353 g/mol. The van der Waals surface area contributed by atoms with Crippen LogP contribution >= 0.6 is 11.8 Å². The van der Waals surface area contributed by atoms with Crippen molar-refractivity contribution in [1.29, 1.82) is 0 Å². The molecule has 2 heterocycles. The van der Waals surface area contributed by atoms with Crippen LogP contribution in [-0.2, 0) is 4.79 Å². The van der Waals surface area contributed by atoms with Crippen LogP contribution < -0.4 is 5.32 Å². The molecule has 3 rings (SSSR count). The quantitative estimate of drug-likeness (QED) is 0.799. The summed E-state index contributed by atoms with van der Waals surface area (Å²) in [5.41, 5.74) is 5.42. The zero-order chi connectivity index (χ0) is 18.1. The van der Waals surface area contributed by atoms with Gasteiger partial charge in [-0.3, -0.25) is 4.79 Å². The van der Waals surface area contributed by atoms with Crippen LogP contribution in [-0.4, -0.2) is 15.6 Å². The standard InChI is InChI=1S/C20H23N3OS/c1-12(2)23-11-16(9-15(23)5)10-18-19(24)22-20(25-18)21-17-7-13(3)6-14(4)8-17/h6-12H,1-5H3,(H,21,22,24)/b18-10+. The molecule has 0 unspecified atom stereocenters. The van der Waals surface area contributed by atoms with E-state index in [9.17, 15) is 4.79 Å². The van der Waals surface area contributed by atoms with Crippen molar-refractivity contribution in [3.63, 3.8) is 0 Å². The molecule has 1 fully saturated rings. The second-order valence-electron chi connectivity index (χ2n) is 6.74. The fourth-order valence-electron chi connectivity index (χ4n) is 3.02. The number of aliphatic imine (C=N–C) groups is 1. The summed E-state index contributed by atoms with van der Waals surface area (Å²) in [6.07, 6.45) is 4.01. The summed E-state index contributed by atoms with van der Waals surface area (Å²) in [6.45, 7) is 10.5. The van der Waals surface area contributed by atoms with Gasteiger partial charge in [-0.2, -0.15) is 0 Å². The number of nitrogens with zero attached hydrogens (tertiary/aromatic N) is 2. The average Bonchev–Trinajstić information content (AvgIpc) is 3.01. The maximum absolute atomic E-state index is 12.3. The first kappa shape index (κ1) is 17.5. The summed E-state index contributed by atoms with van der Waals surface area (Å²) in [5.74, 6) is -0.0944. The first-order valence-corrected chi connectivity index (χ1v) is 9.20. The Morgan fingerprint density at radius 2 is 1.80 bits per heavy atom. The zero-order valence-electron chi connectivity index (χ0n) is 15.3. The number of aryl methyl sites for hydroxylation is 3. The highest BCUT2D eigenvalue weighted by Crippen LogP contribution is 2.29. The number of hydrogen-bond donors (Lipinski definition) is 1. The molecule has 1 amide bonds. The third-order valence-electron chi connectivity index (χ3n) is 4.01. The molecule has 2 aromatic rings. The number of thioether (sulfide) groups is 1. The largest absolute Gasteiger partial charge is 0.349 e. The summed E-state index contributed by atoms with van der Waals surface area (Å²) >= 11 is 1.38. The predicted octanol–water partition coefficient (Wildman–Crippen LogP) is 4.89. The molecular formula is C20H23N3OS. The first-order valence-electron chi connectivity index (χ1n) is 8.38. The van der Waals surface area contributed by atoms with E-state index >= 15 is 0 Å². The lowest BCUT2D eigenvalue weighted by Gasteiger charge is -2.08. The molecule has 5 heteroatoms. The van der Waals surface area contributed by atoms with Gasteiger partial charge in [0, 0.05) is 17.9 Å². The van der Waals surface area contributed by atoms with E-state index in [1.807, 2.05) is 32.1 Å². The number of carbonyl (C=O) groups is 1. The number of benzene rings is 1. The fourth-order valence-corrected chi connectivity index (χ4v) is 3.86. The highest BCUT2D eigenvalue weighted by atomic mass is 32.2. The van der Waals surface area contributed by atoms with E-state index in [0.29, 0.717) is 16.1 Å². The summed E-state index contributed by atoms with van der Waals surface area (Å²) in [4.78, 5) is 17.5. The molecule has 1 aromatic carbocycles. The van der Waals surface area contributed by atoms with Crippen molar-refractivity contribution < 1.29 is 4.79 Å². The predicted molar refractivity (Wildman–Crippen MR) is 106 cm³/mol. The number of amidine groups is 1. The minimum atomic E-state index is -0.0944. The SMILES string of the molecule is Cc1cc(C)cc(N=C2NC(=O)/C(=C\c3cc(C)n(C(C)C)c3)S2)c1. The summed E-state index contributed by atoms with van der Waals surface area (Å²) < 4.78 is 2.20. The number of hydrogen-bond acceptors (Lipinski definition) is 3. The summed E-state index contributed by atoms with van der Waals surface area (Å²) in [5, 5.41) is 3.48. The lowest BCUT2D eigenvalue weighted by atomic mass is 10.1. The van der Waals surface area contributed by atoms with Crippen molar-refractivity contribution in [2.45, 2.75) is 40.7 Å². The first-order chi connectivity index (χ1) is 11.8. The minimum absolute atomic E-state index is 0.0944. The van der Waals surface area contributed by atoms with Crippen molar-refractivity contribution in [3.8, 4) is 0 Å². The van der Waals surface area contributed by atoms with Crippen LogP contribution in [0.3, 0.4) is 0 Å². The lowest BCUT2D eigenvalue weighted by Crippen LogP contribution is -2.19. The van der Waals surface area contributed by atoms with Crippen molar-refractivity contribution in [2.24, 2.45) is 4.99 Å². The Morgan fingerprint density at radius 1 is 1.12 bits per heavy atom. The Kier molecular flexibility index (Phi) is 4.86. The zero-order valence-corrected chi connectivity index (χ0v) is 16.1. The molecule has 4 nitrogen and oxygen atoms in total. The third kappa shape index (κ3) is 4.04. The van der Waals surface area contributed by atoms with Gasteiger partial charge in [-0.25, -0.2) is 4.99 Å². The summed E-state index contributed by atoms with van der Waals surface area (Å²) in [6, 6.07) is 8.64. The summed E-state index contributed by atoms with van der Waals surface area (Å²) in [7, 11) is 0. The van der Waals surface area contributed by atoms with Crippen LogP contribution in [0.4, 0.5) is 5.69 Å². The van der Waals surface area contributed by atoms with Gasteiger partial charge in [0.25, 0.3) is 5.91 Å². The van der Waals surface area contributed by atoms with Crippen LogP contribution in [0.2, 0.25) is 0 Å². The number of rotatable bonds is 3. The molecule has 1 saturated heterocycles. The number of nitrogens with one attached hydrogen (secondary N) is 1. The topological polar surface area (TPSA) is 46.4 Å². The molecule has 0 aliphatic carbocycles. The van der Waals surface area contributed by atoms with Gasteiger partial charge in [0.15, 0.2) is 5.17 Å². The lowest BCUT2D eigenvalue weighted by molar-refractivity contribution is -0.115. The van der Waals surface area contributed by atoms with E-state index in [-0.39, 0.29) is 5.91 Å². The molecular weight excluding hydrogens is 330 g/mol. The molecule has 1 aliphatic rings. The van der Waals surface area contributed by atoms with Gasteiger partial charge >= 0.3 is 0 Å². The molecule has 1 N–H and O–H groups in total. The second-order valence-corrected chi connectivity index (χ2v) is 7.77. The van der Waals surface area contributed by atoms with Crippen molar-refractivity contribution in [2.75, 3.05) is 0 Å².